The van der Waals surface area contributed by atoms with Crippen molar-refractivity contribution in [3.05, 3.63) is 89.5 Å². The molecule has 6 nitrogen and oxygen atoms in total. The van der Waals surface area contributed by atoms with E-state index in [0.717, 1.165) is 5.56 Å². The van der Waals surface area contributed by atoms with Crippen LogP contribution in [0.4, 0.5) is 5.69 Å². The third-order valence-corrected chi connectivity index (χ3v) is 5.68. The summed E-state index contributed by atoms with van der Waals surface area (Å²) < 4.78 is 10.7. The van der Waals surface area contributed by atoms with Crippen molar-refractivity contribution in [3.8, 4) is 11.5 Å². The van der Waals surface area contributed by atoms with Gasteiger partial charge in [0.2, 0.25) is 5.91 Å². The zero-order chi connectivity index (χ0) is 22.0. The first-order chi connectivity index (χ1) is 15.0. The molecular weight excluding hydrogens is 392 g/mol. The van der Waals surface area contributed by atoms with Crippen molar-refractivity contribution >= 4 is 17.5 Å². The van der Waals surface area contributed by atoms with E-state index in [-0.39, 0.29) is 11.8 Å². The highest BCUT2D eigenvalue weighted by Gasteiger charge is 2.42. The van der Waals surface area contributed by atoms with Crippen LogP contribution >= 0.6 is 0 Å². The van der Waals surface area contributed by atoms with Gasteiger partial charge < -0.3 is 19.7 Å². The van der Waals surface area contributed by atoms with Crippen molar-refractivity contribution in [2.45, 2.75) is 12.0 Å². The Labute approximate surface area is 181 Å². The summed E-state index contributed by atoms with van der Waals surface area (Å²) in [4.78, 5) is 28.4. The fraction of sp³-hybridized carbons (Fsp3) is 0.200. The number of likely N-dealkylation sites (N-methyl/N-ethyl adjacent to an activating group) is 1. The van der Waals surface area contributed by atoms with Crippen molar-refractivity contribution in [1.29, 1.82) is 0 Å². The first kappa shape index (κ1) is 20.5. The van der Waals surface area contributed by atoms with Gasteiger partial charge in [0.15, 0.2) is 0 Å². The summed E-state index contributed by atoms with van der Waals surface area (Å²) in [6.07, 6.45) is 0. The average molecular weight is 416 g/mol. The molecule has 0 fully saturated rings. The Hall–Kier alpha value is -3.80. The second-order valence-corrected chi connectivity index (χ2v) is 7.39. The lowest BCUT2D eigenvalue weighted by atomic mass is 9.79. The number of nitrogens with zero attached hydrogens (tertiary/aromatic N) is 1. The second-order valence-electron chi connectivity index (χ2n) is 7.39. The molecule has 0 bridgehead atoms. The minimum atomic E-state index is -0.600. The quantitative estimate of drug-likeness (QED) is 0.675. The Morgan fingerprint density at radius 2 is 1.58 bits per heavy atom. The van der Waals surface area contributed by atoms with Gasteiger partial charge in [-0.15, -0.1) is 0 Å². The number of hydrogen-bond acceptors (Lipinski definition) is 4. The van der Waals surface area contributed by atoms with E-state index in [9.17, 15) is 9.59 Å². The summed E-state index contributed by atoms with van der Waals surface area (Å²) in [5, 5.41) is 3.00. The number of hydrogen-bond donors (Lipinski definition) is 1. The molecule has 0 saturated heterocycles. The maximum absolute atomic E-state index is 13.6. The van der Waals surface area contributed by atoms with Crippen LogP contribution in [0.3, 0.4) is 0 Å². The van der Waals surface area contributed by atoms with Crippen molar-refractivity contribution in [1.82, 2.24) is 4.90 Å². The van der Waals surface area contributed by atoms with Gasteiger partial charge in [-0.05, 0) is 41.5 Å². The minimum absolute atomic E-state index is 0.113. The highest BCUT2D eigenvalue weighted by atomic mass is 16.5. The highest BCUT2D eigenvalue weighted by Crippen LogP contribution is 2.43. The van der Waals surface area contributed by atoms with Gasteiger partial charge in [0, 0.05) is 12.6 Å². The molecule has 0 spiro atoms. The molecule has 0 radical (unpaired) electrons. The first-order valence-corrected chi connectivity index (χ1v) is 9.99. The van der Waals surface area contributed by atoms with Gasteiger partial charge in [-0.1, -0.05) is 42.5 Å². The predicted octanol–water partition coefficient (Wildman–Crippen LogP) is 4.25. The summed E-state index contributed by atoms with van der Waals surface area (Å²) in [7, 11) is 4.90. The number of anilines is 1. The highest BCUT2D eigenvalue weighted by molar-refractivity contribution is 6.04. The van der Waals surface area contributed by atoms with E-state index in [1.165, 1.54) is 0 Å². The van der Waals surface area contributed by atoms with Gasteiger partial charge in [0.25, 0.3) is 5.91 Å². The average Bonchev–Trinajstić information content (AvgIpc) is 2.81. The lowest BCUT2D eigenvalue weighted by Gasteiger charge is -2.39. The third kappa shape index (κ3) is 3.72. The SMILES string of the molecule is COc1ccc([C@@H]2[C@@H](C(=O)Nc3ccccc3OC)c3ccccc3C(=O)N2C)cc1. The molecule has 31 heavy (non-hydrogen) atoms. The van der Waals surface area contributed by atoms with Crippen LogP contribution in [0.25, 0.3) is 0 Å². The van der Waals surface area contributed by atoms with Gasteiger partial charge in [-0.2, -0.15) is 0 Å². The molecule has 1 heterocycles. The smallest absolute Gasteiger partial charge is 0.254 e. The summed E-state index contributed by atoms with van der Waals surface area (Å²) in [6, 6.07) is 21.5. The number of fused-ring (bicyclic) bond motifs is 1. The molecule has 3 aromatic rings. The van der Waals surface area contributed by atoms with Gasteiger partial charge in [0.05, 0.1) is 31.9 Å². The number of para-hydroxylation sites is 2. The molecule has 6 heteroatoms. The van der Waals surface area contributed by atoms with Crippen LogP contribution < -0.4 is 14.8 Å². The standard InChI is InChI=1S/C25H24N2O4/c1-27-23(16-12-14-17(30-2)15-13-16)22(18-8-4-5-9-19(18)25(27)29)24(28)26-20-10-6-7-11-21(20)31-3/h4-15,22-23H,1-3H3,(H,26,28)/t22-,23+/m0/s1. The Kier molecular flexibility index (Phi) is 5.62. The molecule has 3 aromatic carbocycles. The van der Waals surface area contributed by atoms with Gasteiger partial charge in [-0.25, -0.2) is 0 Å². The molecule has 0 aromatic heterocycles. The Bertz CT molecular complexity index is 1110. The van der Waals surface area contributed by atoms with E-state index in [4.69, 9.17) is 9.47 Å². The molecule has 1 aliphatic heterocycles. The Balaban J connectivity index is 1.80. The van der Waals surface area contributed by atoms with Gasteiger partial charge in [-0.3, -0.25) is 9.59 Å². The van der Waals surface area contributed by atoms with Gasteiger partial charge in [0.1, 0.15) is 11.5 Å². The number of carbonyl (C=O) groups is 2. The van der Waals surface area contributed by atoms with Crippen molar-refractivity contribution in [2.75, 3.05) is 26.6 Å². The van der Waals surface area contributed by atoms with E-state index in [0.29, 0.717) is 28.3 Å². The number of amides is 2. The van der Waals surface area contributed by atoms with E-state index < -0.39 is 12.0 Å². The largest absolute Gasteiger partial charge is 0.497 e. The van der Waals surface area contributed by atoms with Gasteiger partial charge >= 0.3 is 0 Å². The van der Waals surface area contributed by atoms with Crippen molar-refractivity contribution in [3.63, 3.8) is 0 Å². The molecule has 1 aliphatic rings. The van der Waals surface area contributed by atoms with Crippen LogP contribution in [-0.4, -0.2) is 38.0 Å². The van der Waals surface area contributed by atoms with E-state index >= 15 is 0 Å². The first-order valence-electron chi connectivity index (χ1n) is 9.99. The number of carbonyl (C=O) groups excluding carboxylic acids is 2. The monoisotopic (exact) mass is 416 g/mol. The lowest BCUT2D eigenvalue weighted by molar-refractivity contribution is -0.119. The number of rotatable bonds is 5. The summed E-state index contributed by atoms with van der Waals surface area (Å²) in [5.74, 6) is 0.362. The van der Waals surface area contributed by atoms with E-state index in [2.05, 4.69) is 5.32 Å². The Morgan fingerprint density at radius 3 is 2.29 bits per heavy atom. The zero-order valence-electron chi connectivity index (χ0n) is 17.7. The topological polar surface area (TPSA) is 67.9 Å². The molecule has 0 aliphatic carbocycles. The van der Waals surface area contributed by atoms with Crippen molar-refractivity contribution < 1.29 is 19.1 Å². The van der Waals surface area contributed by atoms with E-state index in [1.54, 1.807) is 44.4 Å². The summed E-state index contributed by atoms with van der Waals surface area (Å²) >= 11 is 0. The second kappa shape index (κ2) is 8.52. The van der Waals surface area contributed by atoms with Crippen LogP contribution in [0.15, 0.2) is 72.8 Å². The molecular formula is C25H24N2O4. The normalized spacial score (nSPS) is 17.6. The van der Waals surface area contributed by atoms with Crippen LogP contribution in [-0.2, 0) is 4.79 Å². The fourth-order valence-electron chi connectivity index (χ4n) is 4.13. The molecule has 0 unspecified atom stereocenters. The maximum atomic E-state index is 13.6. The van der Waals surface area contributed by atoms with Crippen LogP contribution in [0, 0.1) is 0 Å². The van der Waals surface area contributed by atoms with Crippen LogP contribution in [0.5, 0.6) is 11.5 Å². The zero-order valence-corrected chi connectivity index (χ0v) is 17.7. The minimum Gasteiger partial charge on any atom is -0.497 e. The summed E-state index contributed by atoms with van der Waals surface area (Å²) in [5.41, 5.74) is 2.68. The van der Waals surface area contributed by atoms with Crippen molar-refractivity contribution in [2.24, 2.45) is 0 Å². The van der Waals surface area contributed by atoms with E-state index in [1.807, 2.05) is 54.6 Å². The maximum Gasteiger partial charge on any atom is 0.254 e. The predicted molar refractivity (Wildman–Crippen MR) is 119 cm³/mol. The molecule has 1 N–H and O–H groups in total. The lowest BCUT2D eigenvalue weighted by Crippen LogP contribution is -2.44. The van der Waals surface area contributed by atoms with Crippen LogP contribution in [0.1, 0.15) is 33.4 Å². The third-order valence-electron chi connectivity index (χ3n) is 5.68. The molecule has 4 rings (SSSR count). The fourth-order valence-corrected chi connectivity index (χ4v) is 4.13. The summed E-state index contributed by atoms with van der Waals surface area (Å²) in [6.45, 7) is 0. The molecule has 2 atom stereocenters. The number of ether oxygens (including phenoxy) is 2. The molecule has 158 valence electrons. The number of methoxy groups -OCH3 is 2. The number of nitrogens with one attached hydrogen (secondary N) is 1. The van der Waals surface area contributed by atoms with Crippen LogP contribution in [0.2, 0.25) is 0 Å². The molecule has 2 amide bonds. The number of benzene rings is 3. The molecule has 0 saturated carbocycles. The Morgan fingerprint density at radius 1 is 0.903 bits per heavy atom.